The van der Waals surface area contributed by atoms with Gasteiger partial charge in [0.25, 0.3) is 0 Å². The molecule has 0 radical (unpaired) electrons. The molecule has 5 atom stereocenters. The molecule has 1 aliphatic heterocycles. The maximum absolute atomic E-state index is 12.6. The van der Waals surface area contributed by atoms with Crippen LogP contribution in [0.15, 0.2) is 0 Å². The quantitative estimate of drug-likeness (QED) is 0.157. The Hall–Kier alpha value is -2.63. The zero-order valence-corrected chi connectivity index (χ0v) is 37.1. The van der Waals surface area contributed by atoms with Crippen LogP contribution in [0.25, 0.3) is 0 Å². The Morgan fingerprint density at radius 1 is 0.732 bits per heavy atom. The van der Waals surface area contributed by atoms with Crippen molar-refractivity contribution in [3.05, 3.63) is 0 Å². The third kappa shape index (κ3) is 8.43. The van der Waals surface area contributed by atoms with E-state index in [1.54, 1.807) is 0 Å². The number of rotatable bonds is 10. The lowest BCUT2D eigenvalue weighted by molar-refractivity contribution is -0.206. The van der Waals surface area contributed by atoms with Crippen LogP contribution in [0.5, 0.6) is 0 Å². The molecule has 0 aromatic rings. The molecule has 1 heterocycles. The maximum atomic E-state index is 12.6. The molecule has 7 saturated carbocycles. The Bertz CT molecular complexity index is 1490. The summed E-state index contributed by atoms with van der Waals surface area (Å²) in [4.78, 5) is 48.7. The fourth-order valence-corrected chi connectivity index (χ4v) is 11.1. The van der Waals surface area contributed by atoms with E-state index in [2.05, 4.69) is 33.8 Å². The van der Waals surface area contributed by atoms with E-state index >= 15 is 0 Å². The van der Waals surface area contributed by atoms with E-state index in [9.17, 15) is 24.4 Å². The van der Waals surface area contributed by atoms with Crippen molar-refractivity contribution in [3.8, 4) is 6.07 Å². The molecule has 9 heteroatoms. The Morgan fingerprint density at radius 2 is 1.21 bits per heavy atom. The van der Waals surface area contributed by atoms with Crippen molar-refractivity contribution in [1.29, 1.82) is 5.26 Å². The molecule has 316 valence electrons. The summed E-state index contributed by atoms with van der Waals surface area (Å²) in [6.07, 6.45) is 16.7. The van der Waals surface area contributed by atoms with E-state index in [0.717, 1.165) is 49.9 Å². The summed E-state index contributed by atoms with van der Waals surface area (Å²) in [5.41, 5.74) is -2.45. The molecule has 1 saturated heterocycles. The standard InChI is InChI=1S/C19H32O2.C15H19NO4.C13H24O2/c1-6-17(2,3)16(20)21-18(4,5)19-10-13-7-14(11-19)9-15(8-13)12-19;1-4-14(2,3)12(17)19-10-8-5-9-11(10)20-13(18)15(9,6-8)7-16;1-5-12(2,3)11(14)15-13(4)9-7-6-8-10-13/h13-15H,6-12H2,1-5H3;8-11H,4-6H2,1-3H3;5-10H2,1-4H3. The smallest absolute Gasteiger partial charge is 0.327 e. The minimum absolute atomic E-state index is 0.00857. The molecule has 8 fully saturated rings. The van der Waals surface area contributed by atoms with Gasteiger partial charge in [0.1, 0.15) is 23.4 Å². The molecule has 5 unspecified atom stereocenters. The molecule has 0 aromatic heterocycles. The molecule has 56 heavy (non-hydrogen) atoms. The van der Waals surface area contributed by atoms with Gasteiger partial charge < -0.3 is 18.9 Å². The highest BCUT2D eigenvalue weighted by Gasteiger charge is 2.72. The van der Waals surface area contributed by atoms with Crippen molar-refractivity contribution in [1.82, 2.24) is 0 Å². The molecule has 0 aromatic carbocycles. The van der Waals surface area contributed by atoms with Crippen LogP contribution >= 0.6 is 0 Å². The molecule has 8 aliphatic rings. The number of carbonyl (C=O) groups is 4. The second-order valence-corrected chi connectivity index (χ2v) is 21.8. The number of fused-ring (bicyclic) bond motifs is 1. The van der Waals surface area contributed by atoms with E-state index < -0.39 is 22.9 Å². The monoisotopic (exact) mass is 782 g/mol. The van der Waals surface area contributed by atoms with Crippen molar-refractivity contribution >= 4 is 23.9 Å². The Labute approximate surface area is 338 Å². The van der Waals surface area contributed by atoms with Gasteiger partial charge in [-0.2, -0.15) is 5.26 Å². The van der Waals surface area contributed by atoms with Crippen LogP contribution in [0, 0.1) is 68.0 Å². The van der Waals surface area contributed by atoms with E-state index in [-0.39, 0.29) is 63.3 Å². The Kier molecular flexibility index (Phi) is 12.6. The number of carbonyl (C=O) groups excluding carboxylic acids is 4. The summed E-state index contributed by atoms with van der Waals surface area (Å²) in [5, 5.41) is 9.31. The fourth-order valence-electron chi connectivity index (χ4n) is 11.1. The van der Waals surface area contributed by atoms with Crippen LogP contribution in [-0.4, -0.2) is 47.3 Å². The molecule has 9 nitrogen and oxygen atoms in total. The van der Waals surface area contributed by atoms with Gasteiger partial charge in [-0.1, -0.05) is 27.2 Å². The molecule has 0 amide bonds. The molecule has 6 bridgehead atoms. The van der Waals surface area contributed by atoms with E-state index in [0.29, 0.717) is 12.8 Å². The SMILES string of the molecule is CCC(C)(C)C(=O)OC(C)(C)C12CC3CC(CC(C3)C1)C2.CCC(C)(C)C(=O)OC1(C)CCCCC1.CCC(C)(C)C(=O)OC1C2CC3C1OC(=O)C3(C#N)C2. The van der Waals surface area contributed by atoms with Gasteiger partial charge in [-0.3, -0.25) is 19.2 Å². The summed E-state index contributed by atoms with van der Waals surface area (Å²) in [7, 11) is 0. The molecular weight excluding hydrogens is 707 g/mol. The van der Waals surface area contributed by atoms with Crippen LogP contribution in [0.2, 0.25) is 0 Å². The summed E-state index contributed by atoms with van der Waals surface area (Å²) >= 11 is 0. The predicted octanol–water partition coefficient (Wildman–Crippen LogP) is 10.5. The largest absolute Gasteiger partial charge is 0.459 e. The van der Waals surface area contributed by atoms with Crippen LogP contribution < -0.4 is 0 Å². The predicted molar refractivity (Wildman–Crippen MR) is 215 cm³/mol. The van der Waals surface area contributed by atoms with Gasteiger partial charge in [0.05, 0.1) is 22.3 Å². The Balaban J connectivity index is 0.000000163. The van der Waals surface area contributed by atoms with Crippen LogP contribution in [0.4, 0.5) is 0 Å². The first-order chi connectivity index (χ1) is 25.9. The first kappa shape index (κ1) is 44.5. The lowest BCUT2D eigenvalue weighted by atomic mass is 9.46. The third-order valence-electron chi connectivity index (χ3n) is 16.2. The van der Waals surface area contributed by atoms with Crippen molar-refractivity contribution in [2.75, 3.05) is 0 Å². The summed E-state index contributed by atoms with van der Waals surface area (Å²) in [6.45, 7) is 24.1. The third-order valence-corrected chi connectivity index (χ3v) is 16.2. The van der Waals surface area contributed by atoms with Crippen molar-refractivity contribution in [2.24, 2.45) is 56.7 Å². The molecular formula is C47H75NO8. The normalized spacial score (nSPS) is 34.9. The lowest BCUT2D eigenvalue weighted by Gasteiger charge is -2.61. The fraction of sp³-hybridized carbons (Fsp3) is 0.894. The second-order valence-electron chi connectivity index (χ2n) is 21.8. The number of nitriles is 1. The number of esters is 4. The summed E-state index contributed by atoms with van der Waals surface area (Å²) in [5.74, 6) is 1.95. The highest BCUT2D eigenvalue weighted by Crippen LogP contribution is 2.65. The van der Waals surface area contributed by atoms with Crippen LogP contribution in [0.3, 0.4) is 0 Å². The van der Waals surface area contributed by atoms with Crippen molar-refractivity contribution < 1.29 is 38.1 Å². The van der Waals surface area contributed by atoms with Gasteiger partial charge in [0.15, 0.2) is 5.41 Å². The summed E-state index contributed by atoms with van der Waals surface area (Å²) < 4.78 is 22.8. The van der Waals surface area contributed by atoms with Crippen molar-refractivity contribution in [2.45, 2.75) is 209 Å². The zero-order chi connectivity index (χ0) is 41.7. The average molecular weight is 782 g/mol. The number of nitrogens with zero attached hydrogens (tertiary/aromatic N) is 1. The first-order valence-electron chi connectivity index (χ1n) is 22.2. The lowest BCUT2D eigenvalue weighted by Crippen LogP contribution is -2.58. The molecule has 0 spiro atoms. The number of hydrogen-bond donors (Lipinski definition) is 0. The second kappa shape index (κ2) is 15.9. The average Bonchev–Trinajstić information content (AvgIpc) is 3.73. The summed E-state index contributed by atoms with van der Waals surface area (Å²) in [6, 6.07) is 2.15. The highest BCUT2D eigenvalue weighted by atomic mass is 16.6. The van der Waals surface area contributed by atoms with Crippen molar-refractivity contribution in [3.63, 3.8) is 0 Å². The number of hydrogen-bond acceptors (Lipinski definition) is 9. The topological polar surface area (TPSA) is 129 Å². The van der Waals surface area contributed by atoms with E-state index in [1.807, 2.05) is 55.4 Å². The first-order valence-corrected chi connectivity index (χ1v) is 22.2. The maximum Gasteiger partial charge on any atom is 0.327 e. The Morgan fingerprint density at radius 3 is 1.70 bits per heavy atom. The van der Waals surface area contributed by atoms with Gasteiger partial charge >= 0.3 is 23.9 Å². The molecule has 7 aliphatic carbocycles. The van der Waals surface area contributed by atoms with Gasteiger partial charge in [-0.05, 0) is 176 Å². The van der Waals surface area contributed by atoms with E-state index in [4.69, 9.17) is 18.9 Å². The molecule has 0 N–H and O–H groups in total. The minimum atomic E-state index is -0.974. The van der Waals surface area contributed by atoms with Crippen LogP contribution in [0.1, 0.15) is 186 Å². The number of ether oxygens (including phenoxy) is 4. The van der Waals surface area contributed by atoms with Gasteiger partial charge in [-0.25, -0.2) is 0 Å². The van der Waals surface area contributed by atoms with Gasteiger partial charge in [-0.15, -0.1) is 0 Å². The molecule has 8 rings (SSSR count). The highest BCUT2D eigenvalue weighted by molar-refractivity contribution is 5.85. The van der Waals surface area contributed by atoms with Crippen LogP contribution in [-0.2, 0) is 38.1 Å². The zero-order valence-electron chi connectivity index (χ0n) is 37.1. The van der Waals surface area contributed by atoms with Gasteiger partial charge in [0, 0.05) is 17.3 Å². The van der Waals surface area contributed by atoms with E-state index in [1.165, 1.54) is 57.8 Å². The minimum Gasteiger partial charge on any atom is -0.459 e. The van der Waals surface area contributed by atoms with Gasteiger partial charge in [0.2, 0.25) is 0 Å².